The normalized spacial score (nSPS) is 41.8. The second-order valence-corrected chi connectivity index (χ2v) is 13.2. The smallest absolute Gasteiger partial charge is 0.0742 e. The Bertz CT molecular complexity index is 655. The molecule has 0 radical (unpaired) electrons. The van der Waals surface area contributed by atoms with Gasteiger partial charge in [0.2, 0.25) is 0 Å². The van der Waals surface area contributed by atoms with Crippen LogP contribution in [0.2, 0.25) is 0 Å². The molecule has 4 rings (SSSR count). The molecule has 0 bridgehead atoms. The van der Waals surface area contributed by atoms with Gasteiger partial charge in [-0.3, -0.25) is 0 Å². The third-order valence-corrected chi connectivity index (χ3v) is 10.5. The minimum Gasteiger partial charge on any atom is -0.394 e. The summed E-state index contributed by atoms with van der Waals surface area (Å²) < 4.78 is 0. The Morgan fingerprint density at radius 1 is 0.970 bits per heavy atom. The summed E-state index contributed by atoms with van der Waals surface area (Å²) in [5.41, 5.74) is 2.60. The minimum atomic E-state index is -0.560. The summed E-state index contributed by atoms with van der Waals surface area (Å²) in [5, 5.41) is 26.2. The van der Waals surface area contributed by atoms with E-state index in [9.17, 15) is 5.11 Å². The number of fused-ring (bicyclic) bond motifs is 5. The van der Waals surface area contributed by atoms with Crippen molar-refractivity contribution in [3.8, 4) is 0 Å². The topological polar surface area (TPSA) is 60.7 Å². The summed E-state index contributed by atoms with van der Waals surface area (Å²) in [5.74, 6) is 5.46. The van der Waals surface area contributed by atoms with Crippen LogP contribution in [0.1, 0.15) is 112 Å². The van der Waals surface area contributed by atoms with Crippen LogP contribution < -0.4 is 0 Å². The molecule has 33 heavy (non-hydrogen) atoms. The zero-order valence-corrected chi connectivity index (χ0v) is 22.5. The van der Waals surface area contributed by atoms with Crippen molar-refractivity contribution < 1.29 is 15.3 Å². The third-order valence-electron chi connectivity index (χ3n) is 10.5. The molecule has 0 heterocycles. The van der Waals surface area contributed by atoms with Gasteiger partial charge in [-0.2, -0.15) is 0 Å². The highest BCUT2D eigenvalue weighted by atomic mass is 16.3. The van der Waals surface area contributed by atoms with E-state index in [1.54, 1.807) is 5.57 Å². The van der Waals surface area contributed by atoms with Crippen molar-refractivity contribution in [2.24, 2.45) is 46.3 Å². The number of hydrogen-bond donors (Lipinski definition) is 3. The zero-order chi connectivity index (χ0) is 24.4. The lowest BCUT2D eigenvalue weighted by atomic mass is 9.47. The van der Waals surface area contributed by atoms with Crippen LogP contribution in [0.4, 0.5) is 0 Å². The fraction of sp³-hybridized carbons (Fsp3) is 0.933. The van der Waals surface area contributed by atoms with E-state index in [0.717, 1.165) is 48.3 Å². The first-order chi connectivity index (χ1) is 15.5. The Kier molecular flexibility index (Phi) is 9.17. The van der Waals surface area contributed by atoms with Crippen LogP contribution in [0.25, 0.3) is 0 Å². The molecule has 3 fully saturated rings. The predicted octanol–water partition coefficient (Wildman–Crippen LogP) is 6.75. The van der Waals surface area contributed by atoms with Gasteiger partial charge in [0, 0.05) is 0 Å². The lowest BCUT2D eigenvalue weighted by Gasteiger charge is -2.58. The first-order valence-electron chi connectivity index (χ1n) is 14.2. The van der Waals surface area contributed by atoms with E-state index in [-0.39, 0.29) is 12.7 Å². The third kappa shape index (κ3) is 5.72. The van der Waals surface area contributed by atoms with Crippen LogP contribution >= 0.6 is 0 Å². The van der Waals surface area contributed by atoms with E-state index in [0.29, 0.717) is 10.8 Å². The van der Waals surface area contributed by atoms with Crippen molar-refractivity contribution in [1.29, 1.82) is 0 Å². The predicted molar refractivity (Wildman–Crippen MR) is 138 cm³/mol. The van der Waals surface area contributed by atoms with Crippen LogP contribution in [-0.2, 0) is 0 Å². The molecule has 4 aliphatic carbocycles. The standard InChI is InChI=1S/C27H46O.C3H8O2/c1-18(2)7-6-8-19(3)23-11-12-24-22-10-9-20-17-21(28)13-15-26(20,4)25(22)14-16-27(23,24)5;1-3(5)2-4/h9,18-19,21-25,28H,6-8,10-17H2,1-5H3;3-5H,2H2,1H3/t19-,21+,22+,23-,24+,25+,26+,27-;/m1./s1. The molecule has 9 atom stereocenters. The number of aliphatic hydroxyl groups excluding tert-OH is 3. The molecule has 3 saturated carbocycles. The summed E-state index contributed by atoms with van der Waals surface area (Å²) in [4.78, 5) is 0. The van der Waals surface area contributed by atoms with Gasteiger partial charge in [-0.25, -0.2) is 0 Å². The van der Waals surface area contributed by atoms with E-state index < -0.39 is 6.10 Å². The number of allylic oxidation sites excluding steroid dienone is 1. The van der Waals surface area contributed by atoms with Crippen LogP contribution in [0.3, 0.4) is 0 Å². The van der Waals surface area contributed by atoms with E-state index in [1.807, 2.05) is 0 Å². The largest absolute Gasteiger partial charge is 0.394 e. The molecule has 0 saturated heterocycles. The van der Waals surface area contributed by atoms with Crippen molar-refractivity contribution in [3.63, 3.8) is 0 Å². The van der Waals surface area contributed by atoms with E-state index in [2.05, 4.69) is 40.7 Å². The summed E-state index contributed by atoms with van der Waals surface area (Å²) >= 11 is 0. The maximum atomic E-state index is 10.2. The van der Waals surface area contributed by atoms with Gasteiger partial charge in [0.25, 0.3) is 0 Å². The first-order valence-corrected chi connectivity index (χ1v) is 14.2. The molecular weight excluding hydrogens is 408 g/mol. The number of aliphatic hydroxyl groups is 3. The highest BCUT2D eigenvalue weighted by Gasteiger charge is 2.59. The number of hydrogen-bond acceptors (Lipinski definition) is 3. The molecule has 0 aliphatic heterocycles. The Balaban J connectivity index is 0.000000555. The van der Waals surface area contributed by atoms with Gasteiger partial charge >= 0.3 is 0 Å². The minimum absolute atomic E-state index is 0.0766. The molecule has 4 aliphatic rings. The maximum Gasteiger partial charge on any atom is 0.0742 e. The first kappa shape index (κ1) is 27.2. The SMILES string of the molecule is CC(C)CCC[C@@H](C)[C@H]1CC[C@H]2[C@@H]3CC=C4C[C@@H](O)CC[C@]4(C)[C@H]3CC[C@]12C.CC(O)CO. The molecule has 0 amide bonds. The zero-order valence-electron chi connectivity index (χ0n) is 22.5. The monoisotopic (exact) mass is 462 g/mol. The molecule has 192 valence electrons. The van der Waals surface area contributed by atoms with Gasteiger partial charge in [0.05, 0.1) is 18.8 Å². The Labute approximate surface area is 204 Å². The second-order valence-electron chi connectivity index (χ2n) is 13.2. The van der Waals surface area contributed by atoms with Crippen molar-refractivity contribution in [1.82, 2.24) is 0 Å². The van der Waals surface area contributed by atoms with Crippen LogP contribution in [0, 0.1) is 46.3 Å². The highest BCUT2D eigenvalue weighted by Crippen LogP contribution is 2.67. The van der Waals surface area contributed by atoms with Crippen molar-refractivity contribution in [2.45, 2.75) is 124 Å². The molecule has 0 aromatic rings. The fourth-order valence-electron chi connectivity index (χ4n) is 8.67. The maximum absolute atomic E-state index is 10.2. The Morgan fingerprint density at radius 3 is 2.30 bits per heavy atom. The molecular formula is C30H54O3. The summed E-state index contributed by atoms with van der Waals surface area (Å²) in [6.07, 6.45) is 16.6. The Morgan fingerprint density at radius 2 is 1.67 bits per heavy atom. The Hall–Kier alpha value is -0.380. The van der Waals surface area contributed by atoms with Gasteiger partial charge in [0.1, 0.15) is 0 Å². The average Bonchev–Trinajstić information content (AvgIpc) is 3.11. The average molecular weight is 463 g/mol. The fourth-order valence-corrected chi connectivity index (χ4v) is 8.67. The summed E-state index contributed by atoms with van der Waals surface area (Å²) in [7, 11) is 0. The van der Waals surface area contributed by atoms with Crippen molar-refractivity contribution in [2.75, 3.05) is 6.61 Å². The van der Waals surface area contributed by atoms with E-state index >= 15 is 0 Å². The van der Waals surface area contributed by atoms with Crippen molar-refractivity contribution in [3.05, 3.63) is 11.6 Å². The van der Waals surface area contributed by atoms with Gasteiger partial charge < -0.3 is 15.3 Å². The van der Waals surface area contributed by atoms with E-state index in [4.69, 9.17) is 10.2 Å². The number of rotatable bonds is 6. The molecule has 3 nitrogen and oxygen atoms in total. The molecule has 0 aromatic carbocycles. The molecule has 3 N–H and O–H groups in total. The molecule has 0 spiro atoms. The van der Waals surface area contributed by atoms with Gasteiger partial charge in [-0.1, -0.05) is 65.5 Å². The lowest BCUT2D eigenvalue weighted by molar-refractivity contribution is -0.0573. The highest BCUT2D eigenvalue weighted by molar-refractivity contribution is 5.25. The quantitative estimate of drug-likeness (QED) is 0.383. The summed E-state index contributed by atoms with van der Waals surface area (Å²) in [6.45, 7) is 14.0. The van der Waals surface area contributed by atoms with E-state index in [1.165, 1.54) is 64.7 Å². The van der Waals surface area contributed by atoms with Gasteiger partial charge in [-0.05, 0) is 105 Å². The van der Waals surface area contributed by atoms with Crippen molar-refractivity contribution >= 4 is 0 Å². The van der Waals surface area contributed by atoms with Crippen LogP contribution in [0.15, 0.2) is 11.6 Å². The molecule has 0 aromatic heterocycles. The van der Waals surface area contributed by atoms with Crippen LogP contribution in [0.5, 0.6) is 0 Å². The molecule has 3 heteroatoms. The lowest BCUT2D eigenvalue weighted by Crippen LogP contribution is -2.50. The molecule has 1 unspecified atom stereocenters. The second kappa shape index (κ2) is 11.1. The van der Waals surface area contributed by atoms with Crippen LogP contribution in [-0.4, -0.2) is 34.1 Å². The van der Waals surface area contributed by atoms with Gasteiger partial charge in [-0.15, -0.1) is 0 Å². The summed E-state index contributed by atoms with van der Waals surface area (Å²) in [6, 6.07) is 0. The van der Waals surface area contributed by atoms with Gasteiger partial charge in [0.15, 0.2) is 0 Å².